The van der Waals surface area contributed by atoms with Crippen molar-refractivity contribution in [2.45, 2.75) is 12.7 Å². The van der Waals surface area contributed by atoms with Crippen LogP contribution < -0.4 is 4.74 Å². The molecule has 1 aliphatic rings. The van der Waals surface area contributed by atoms with Gasteiger partial charge < -0.3 is 14.2 Å². The third-order valence-corrected chi connectivity index (χ3v) is 4.47. The minimum Gasteiger partial charge on any atom is -0.447 e. The normalized spacial score (nSPS) is 16.0. The summed E-state index contributed by atoms with van der Waals surface area (Å²) in [7, 11) is 0. The van der Waals surface area contributed by atoms with Crippen molar-refractivity contribution in [3.05, 3.63) is 61.1 Å². The highest BCUT2D eigenvalue weighted by molar-refractivity contribution is 6.40. The monoisotopic (exact) mass is 403 g/mol. The lowest BCUT2D eigenvalue weighted by Gasteiger charge is -2.23. The van der Waals surface area contributed by atoms with E-state index < -0.39 is 10.7 Å². The first-order valence-electron chi connectivity index (χ1n) is 7.19. The third kappa shape index (κ3) is 3.68. The summed E-state index contributed by atoms with van der Waals surface area (Å²) in [6, 6.07) is 7.22. The number of hydrogen-bond acceptors (Lipinski definition) is 5. The van der Waals surface area contributed by atoms with Gasteiger partial charge in [0.1, 0.15) is 0 Å². The second-order valence-corrected chi connectivity index (χ2v) is 6.63. The predicted octanol–water partition coefficient (Wildman–Crippen LogP) is 5.57. The molecule has 3 rings (SSSR count). The molecule has 1 saturated heterocycles. The lowest BCUT2D eigenvalue weighted by atomic mass is 10.1. The van der Waals surface area contributed by atoms with Gasteiger partial charge in [-0.3, -0.25) is 10.1 Å². The molecule has 0 N–H and O–H groups in total. The molecule has 6 nitrogen and oxygen atoms in total. The largest absolute Gasteiger partial charge is 0.447 e. The van der Waals surface area contributed by atoms with Gasteiger partial charge in [0.05, 0.1) is 28.2 Å². The van der Waals surface area contributed by atoms with E-state index in [1.54, 1.807) is 13.0 Å². The molecule has 0 amide bonds. The van der Waals surface area contributed by atoms with E-state index >= 15 is 0 Å². The zero-order valence-corrected chi connectivity index (χ0v) is 15.2. The van der Waals surface area contributed by atoms with Gasteiger partial charge >= 0.3 is 5.69 Å². The van der Waals surface area contributed by atoms with E-state index in [0.29, 0.717) is 23.8 Å². The molecule has 9 heteroatoms. The Labute approximate surface area is 158 Å². The molecule has 0 bridgehead atoms. The number of ether oxygens (including phenoxy) is 3. The van der Waals surface area contributed by atoms with E-state index in [0.717, 1.165) is 0 Å². The number of rotatable bonds is 4. The Morgan fingerprint density at radius 2 is 1.72 bits per heavy atom. The summed E-state index contributed by atoms with van der Waals surface area (Å²) >= 11 is 18.1. The van der Waals surface area contributed by atoms with Crippen LogP contribution in [0.2, 0.25) is 15.1 Å². The Morgan fingerprint density at radius 3 is 2.28 bits per heavy atom. The van der Waals surface area contributed by atoms with Crippen LogP contribution in [0.25, 0.3) is 0 Å². The summed E-state index contributed by atoms with van der Waals surface area (Å²) in [5.41, 5.74) is 0.333. The highest BCUT2D eigenvalue weighted by Crippen LogP contribution is 2.43. The molecule has 0 atom stereocenters. The lowest BCUT2D eigenvalue weighted by molar-refractivity contribution is -0.385. The van der Waals surface area contributed by atoms with E-state index in [9.17, 15) is 10.1 Å². The predicted molar refractivity (Wildman–Crippen MR) is 93.9 cm³/mol. The summed E-state index contributed by atoms with van der Waals surface area (Å²) in [5, 5.41) is 11.9. The molecule has 1 fully saturated rings. The molecule has 0 aliphatic carbocycles. The van der Waals surface area contributed by atoms with Crippen LogP contribution in [0.15, 0.2) is 30.3 Å². The molecular formula is C16H12Cl3NO5. The van der Waals surface area contributed by atoms with Crippen LogP contribution in [-0.2, 0) is 15.3 Å². The Balaban J connectivity index is 2.06. The summed E-state index contributed by atoms with van der Waals surface area (Å²) in [6.07, 6.45) is 0. The maximum absolute atomic E-state index is 11.3. The first-order valence-corrected chi connectivity index (χ1v) is 8.33. The van der Waals surface area contributed by atoms with E-state index in [1.807, 2.05) is 0 Å². The number of halogens is 3. The van der Waals surface area contributed by atoms with Crippen molar-refractivity contribution in [3.8, 4) is 11.5 Å². The lowest BCUT2D eigenvalue weighted by Crippen LogP contribution is -2.22. The van der Waals surface area contributed by atoms with Crippen LogP contribution in [0.4, 0.5) is 5.69 Å². The highest BCUT2D eigenvalue weighted by Gasteiger charge is 2.35. The third-order valence-electron chi connectivity index (χ3n) is 3.69. The quantitative estimate of drug-likeness (QED) is 0.492. The van der Waals surface area contributed by atoms with Gasteiger partial charge in [-0.1, -0.05) is 34.8 Å². The van der Waals surface area contributed by atoms with Crippen LogP contribution in [0, 0.1) is 10.1 Å². The summed E-state index contributed by atoms with van der Waals surface area (Å²) in [6.45, 7) is 2.59. The van der Waals surface area contributed by atoms with Crippen molar-refractivity contribution in [2.75, 3.05) is 13.2 Å². The van der Waals surface area contributed by atoms with Gasteiger partial charge in [0.2, 0.25) is 5.75 Å². The van der Waals surface area contributed by atoms with E-state index in [2.05, 4.69) is 0 Å². The van der Waals surface area contributed by atoms with Crippen molar-refractivity contribution < 1.29 is 19.1 Å². The maximum atomic E-state index is 11.3. The van der Waals surface area contributed by atoms with Gasteiger partial charge in [-0.25, -0.2) is 0 Å². The Morgan fingerprint density at radius 1 is 1.12 bits per heavy atom. The molecule has 0 saturated carbocycles. The minimum absolute atomic E-state index is 0.0334. The van der Waals surface area contributed by atoms with E-state index in [-0.39, 0.29) is 27.2 Å². The van der Waals surface area contributed by atoms with Gasteiger partial charge in [0, 0.05) is 16.7 Å². The molecule has 1 heterocycles. The molecule has 0 unspecified atom stereocenters. The number of benzene rings is 2. The fraction of sp³-hybridized carbons (Fsp3) is 0.250. The zero-order valence-electron chi connectivity index (χ0n) is 12.9. The number of nitro benzene ring substituents is 1. The van der Waals surface area contributed by atoms with Crippen LogP contribution in [0.1, 0.15) is 12.5 Å². The highest BCUT2D eigenvalue weighted by atomic mass is 35.5. The number of hydrogen-bond donors (Lipinski definition) is 0. The summed E-state index contributed by atoms with van der Waals surface area (Å²) in [4.78, 5) is 10.8. The van der Waals surface area contributed by atoms with Crippen LogP contribution >= 0.6 is 34.8 Å². The minimum atomic E-state index is -0.999. The van der Waals surface area contributed by atoms with E-state index in [4.69, 9.17) is 49.0 Å². The van der Waals surface area contributed by atoms with Crippen molar-refractivity contribution in [1.29, 1.82) is 0 Å². The molecule has 2 aromatic carbocycles. The molecular weight excluding hydrogens is 393 g/mol. The standard InChI is InChI=1S/C16H12Cl3NO5/c1-16(23-4-5-24-16)9-2-3-13(20(21)22)14(6-9)25-15-11(18)7-10(17)8-12(15)19/h2-3,6-8H,4-5H2,1H3. The first kappa shape index (κ1) is 18.2. The molecule has 2 aromatic rings. The molecule has 0 spiro atoms. The second-order valence-electron chi connectivity index (χ2n) is 5.38. The molecule has 0 aromatic heterocycles. The molecule has 1 aliphatic heterocycles. The summed E-state index contributed by atoms with van der Waals surface area (Å²) < 4.78 is 16.8. The maximum Gasteiger partial charge on any atom is 0.311 e. The average Bonchev–Trinajstić information content (AvgIpc) is 2.98. The van der Waals surface area contributed by atoms with Crippen LogP contribution in [0.5, 0.6) is 11.5 Å². The topological polar surface area (TPSA) is 70.8 Å². The van der Waals surface area contributed by atoms with Gasteiger partial charge in [-0.05, 0) is 31.2 Å². The Kier molecular flexibility index (Phi) is 5.09. The van der Waals surface area contributed by atoms with Crippen molar-refractivity contribution in [1.82, 2.24) is 0 Å². The summed E-state index contributed by atoms with van der Waals surface area (Å²) in [5.74, 6) is -0.957. The van der Waals surface area contributed by atoms with Gasteiger partial charge in [0.25, 0.3) is 0 Å². The van der Waals surface area contributed by atoms with E-state index in [1.165, 1.54) is 24.3 Å². The molecule has 132 valence electrons. The number of nitro groups is 1. The van der Waals surface area contributed by atoms with Crippen LogP contribution in [-0.4, -0.2) is 18.1 Å². The van der Waals surface area contributed by atoms with Gasteiger partial charge in [0.15, 0.2) is 11.5 Å². The van der Waals surface area contributed by atoms with Gasteiger partial charge in [-0.15, -0.1) is 0 Å². The second kappa shape index (κ2) is 6.97. The first-order chi connectivity index (χ1) is 11.8. The van der Waals surface area contributed by atoms with Gasteiger partial charge in [-0.2, -0.15) is 0 Å². The molecule has 25 heavy (non-hydrogen) atoms. The number of nitrogens with zero attached hydrogens (tertiary/aromatic N) is 1. The molecule has 0 radical (unpaired) electrons. The zero-order chi connectivity index (χ0) is 18.2. The van der Waals surface area contributed by atoms with Crippen molar-refractivity contribution >= 4 is 40.5 Å². The van der Waals surface area contributed by atoms with Crippen LogP contribution in [0.3, 0.4) is 0 Å². The fourth-order valence-corrected chi connectivity index (χ4v) is 3.34. The SMILES string of the molecule is CC1(c2ccc([N+](=O)[O-])c(Oc3c(Cl)cc(Cl)cc3Cl)c2)OCCO1. The Hall–Kier alpha value is -1.57. The van der Waals surface area contributed by atoms with Crippen molar-refractivity contribution in [3.63, 3.8) is 0 Å². The smallest absolute Gasteiger partial charge is 0.311 e. The fourth-order valence-electron chi connectivity index (χ4n) is 2.45. The van der Waals surface area contributed by atoms with Crippen molar-refractivity contribution in [2.24, 2.45) is 0 Å². The average molecular weight is 405 g/mol. The Bertz CT molecular complexity index is 814.